The van der Waals surface area contributed by atoms with Crippen LogP contribution in [-0.4, -0.2) is 68.1 Å². The van der Waals surface area contributed by atoms with E-state index in [1.165, 1.54) is 7.11 Å². The molecule has 0 aliphatic carbocycles. The van der Waals surface area contributed by atoms with Crippen LogP contribution in [0.15, 0.2) is 0 Å². The second kappa shape index (κ2) is 9.08. The number of hydrogen-bond donors (Lipinski definition) is 1. The van der Waals surface area contributed by atoms with E-state index in [4.69, 9.17) is 9.47 Å². The van der Waals surface area contributed by atoms with Crippen molar-refractivity contribution < 1.29 is 23.8 Å². The summed E-state index contributed by atoms with van der Waals surface area (Å²) in [5.41, 5.74) is -0.510. The summed E-state index contributed by atoms with van der Waals surface area (Å²) >= 11 is 0. The molecule has 0 saturated carbocycles. The van der Waals surface area contributed by atoms with Gasteiger partial charge in [-0.25, -0.2) is 4.79 Å². The molecule has 0 bridgehead atoms. The summed E-state index contributed by atoms with van der Waals surface area (Å²) in [6.07, 6.45) is 0.769. The highest BCUT2D eigenvalue weighted by molar-refractivity contribution is 5.69. The Hall–Kier alpha value is -1.34. The Bertz CT molecular complexity index is 394. The van der Waals surface area contributed by atoms with Crippen molar-refractivity contribution in [2.24, 2.45) is 0 Å². The van der Waals surface area contributed by atoms with Gasteiger partial charge in [-0.15, -0.1) is 0 Å². The molecular weight excluding hydrogens is 300 g/mol. The maximum atomic E-state index is 12.3. The average Bonchev–Trinajstić information content (AvgIpc) is 2.45. The first kappa shape index (κ1) is 19.7. The van der Waals surface area contributed by atoms with Crippen LogP contribution in [0, 0.1) is 0 Å². The van der Waals surface area contributed by atoms with Crippen molar-refractivity contribution in [3.63, 3.8) is 0 Å². The van der Waals surface area contributed by atoms with E-state index in [-0.39, 0.29) is 24.1 Å². The summed E-state index contributed by atoms with van der Waals surface area (Å²) in [4.78, 5) is 25.2. The number of rotatable bonds is 6. The second-order valence-corrected chi connectivity index (χ2v) is 6.82. The van der Waals surface area contributed by atoms with Gasteiger partial charge in [0, 0.05) is 19.1 Å². The third-order valence-corrected chi connectivity index (χ3v) is 3.53. The third-order valence-electron chi connectivity index (χ3n) is 3.53. The second-order valence-electron chi connectivity index (χ2n) is 6.82. The minimum Gasteiger partial charge on any atom is -0.469 e. The van der Waals surface area contributed by atoms with Crippen molar-refractivity contribution in [1.29, 1.82) is 0 Å². The number of carbonyl (C=O) groups excluding carboxylic acids is 2. The van der Waals surface area contributed by atoms with Crippen LogP contribution >= 0.6 is 0 Å². The van der Waals surface area contributed by atoms with E-state index in [1.807, 2.05) is 27.7 Å². The summed E-state index contributed by atoms with van der Waals surface area (Å²) in [5, 5.41) is 3.27. The summed E-state index contributed by atoms with van der Waals surface area (Å²) in [6, 6.07) is 0.121. The van der Waals surface area contributed by atoms with Gasteiger partial charge in [-0.05, 0) is 34.1 Å². The van der Waals surface area contributed by atoms with Crippen molar-refractivity contribution in [3.8, 4) is 0 Å². The maximum Gasteiger partial charge on any atom is 0.410 e. The molecule has 23 heavy (non-hydrogen) atoms. The molecule has 1 N–H and O–H groups in total. The van der Waals surface area contributed by atoms with Gasteiger partial charge < -0.3 is 24.4 Å². The number of carbonyl (C=O) groups is 2. The number of methoxy groups -OCH3 is 1. The van der Waals surface area contributed by atoms with E-state index < -0.39 is 5.60 Å². The molecule has 0 aromatic heterocycles. The number of esters is 1. The van der Waals surface area contributed by atoms with Crippen LogP contribution in [0.3, 0.4) is 0 Å². The van der Waals surface area contributed by atoms with Crippen LogP contribution in [0.25, 0.3) is 0 Å². The molecule has 134 valence electrons. The van der Waals surface area contributed by atoms with Gasteiger partial charge in [-0.1, -0.05) is 0 Å². The van der Waals surface area contributed by atoms with Crippen LogP contribution in [-0.2, 0) is 19.0 Å². The smallest absolute Gasteiger partial charge is 0.410 e. The lowest BCUT2D eigenvalue weighted by atomic mass is 10.1. The monoisotopic (exact) mass is 330 g/mol. The van der Waals surface area contributed by atoms with Crippen LogP contribution in [0.1, 0.15) is 40.5 Å². The number of ether oxygens (including phenoxy) is 3. The maximum absolute atomic E-state index is 12.3. The highest BCUT2D eigenvalue weighted by atomic mass is 16.6. The number of nitrogens with one attached hydrogen (secondary N) is 1. The molecule has 0 spiro atoms. The quantitative estimate of drug-likeness (QED) is 0.745. The Morgan fingerprint density at radius 2 is 2.09 bits per heavy atom. The lowest BCUT2D eigenvalue weighted by Crippen LogP contribution is -2.52. The SMILES string of the molecule is COC(=O)CCNC(C)CC1COCCN1C(=O)OC(C)(C)C. The molecule has 1 heterocycles. The lowest BCUT2D eigenvalue weighted by Gasteiger charge is -2.37. The zero-order chi connectivity index (χ0) is 17.5. The predicted octanol–water partition coefficient (Wildman–Crippen LogP) is 1.55. The fraction of sp³-hybridized carbons (Fsp3) is 0.875. The zero-order valence-corrected chi connectivity index (χ0v) is 14.9. The Morgan fingerprint density at radius 3 is 2.70 bits per heavy atom. The molecule has 7 nitrogen and oxygen atoms in total. The van der Waals surface area contributed by atoms with Crippen molar-refractivity contribution in [1.82, 2.24) is 10.2 Å². The van der Waals surface area contributed by atoms with Crippen molar-refractivity contribution in [2.75, 3.05) is 33.4 Å². The minimum absolute atomic E-state index is 0.0285. The van der Waals surface area contributed by atoms with Gasteiger partial charge in [0.15, 0.2) is 0 Å². The van der Waals surface area contributed by atoms with Gasteiger partial charge in [0.2, 0.25) is 0 Å². The Kier molecular flexibility index (Phi) is 7.78. The molecule has 1 saturated heterocycles. The molecule has 0 radical (unpaired) electrons. The van der Waals surface area contributed by atoms with E-state index in [9.17, 15) is 9.59 Å². The highest BCUT2D eigenvalue weighted by Gasteiger charge is 2.31. The average molecular weight is 330 g/mol. The fourth-order valence-electron chi connectivity index (χ4n) is 2.43. The number of hydrogen-bond acceptors (Lipinski definition) is 6. The van der Waals surface area contributed by atoms with E-state index >= 15 is 0 Å². The molecule has 0 aromatic carbocycles. The Balaban J connectivity index is 2.47. The summed E-state index contributed by atoms with van der Waals surface area (Å²) in [7, 11) is 1.38. The molecule has 2 unspecified atom stereocenters. The molecule has 1 aliphatic heterocycles. The number of morpholine rings is 1. The van der Waals surface area contributed by atoms with E-state index in [2.05, 4.69) is 10.1 Å². The Labute approximate surface area is 138 Å². The van der Waals surface area contributed by atoms with Crippen molar-refractivity contribution in [2.45, 2.75) is 58.2 Å². The van der Waals surface area contributed by atoms with Gasteiger partial charge >= 0.3 is 12.1 Å². The van der Waals surface area contributed by atoms with Gasteiger partial charge in [0.25, 0.3) is 0 Å². The van der Waals surface area contributed by atoms with Gasteiger partial charge in [-0.2, -0.15) is 0 Å². The topological polar surface area (TPSA) is 77.1 Å². The van der Waals surface area contributed by atoms with Crippen LogP contribution < -0.4 is 5.32 Å². The predicted molar refractivity (Wildman–Crippen MR) is 86.3 cm³/mol. The normalized spacial score (nSPS) is 20.0. The van der Waals surface area contributed by atoms with Crippen LogP contribution in [0.4, 0.5) is 4.79 Å². The Morgan fingerprint density at radius 1 is 1.39 bits per heavy atom. The van der Waals surface area contributed by atoms with E-state index in [1.54, 1.807) is 4.90 Å². The molecule has 0 aromatic rings. The lowest BCUT2D eigenvalue weighted by molar-refractivity contribution is -0.140. The zero-order valence-electron chi connectivity index (χ0n) is 14.9. The van der Waals surface area contributed by atoms with Gasteiger partial charge in [0.05, 0.1) is 32.8 Å². The van der Waals surface area contributed by atoms with E-state index in [0.29, 0.717) is 32.7 Å². The molecule has 2 atom stereocenters. The number of nitrogens with zero attached hydrogens (tertiary/aromatic N) is 1. The molecule has 1 fully saturated rings. The highest BCUT2D eigenvalue weighted by Crippen LogP contribution is 2.17. The van der Waals surface area contributed by atoms with Crippen molar-refractivity contribution in [3.05, 3.63) is 0 Å². The first-order valence-electron chi connectivity index (χ1n) is 8.10. The summed E-state index contributed by atoms with van der Waals surface area (Å²) in [6.45, 7) is 9.72. The van der Waals surface area contributed by atoms with Gasteiger partial charge in [0.1, 0.15) is 5.60 Å². The third kappa shape index (κ3) is 7.65. The molecule has 7 heteroatoms. The van der Waals surface area contributed by atoms with E-state index in [0.717, 1.165) is 6.42 Å². The van der Waals surface area contributed by atoms with Crippen LogP contribution in [0.5, 0.6) is 0 Å². The molecular formula is C16H30N2O5. The molecule has 1 amide bonds. The standard InChI is InChI=1S/C16H30N2O5/c1-12(17-7-6-14(19)21-5)10-13-11-22-9-8-18(13)15(20)23-16(2,3)4/h12-13,17H,6-11H2,1-5H3. The fourth-order valence-corrected chi connectivity index (χ4v) is 2.43. The van der Waals surface area contributed by atoms with Crippen molar-refractivity contribution >= 4 is 12.1 Å². The molecule has 1 aliphatic rings. The first-order chi connectivity index (χ1) is 10.7. The molecule has 1 rings (SSSR count). The first-order valence-corrected chi connectivity index (χ1v) is 8.10. The van der Waals surface area contributed by atoms with Gasteiger partial charge in [-0.3, -0.25) is 4.79 Å². The van der Waals surface area contributed by atoms with Crippen LogP contribution in [0.2, 0.25) is 0 Å². The summed E-state index contributed by atoms with van der Waals surface area (Å²) in [5.74, 6) is -0.235. The number of amides is 1. The minimum atomic E-state index is -0.510. The summed E-state index contributed by atoms with van der Waals surface area (Å²) < 4.78 is 15.6. The largest absolute Gasteiger partial charge is 0.469 e.